The number of hydrogen-bond acceptors (Lipinski definition) is 14. The lowest BCUT2D eigenvalue weighted by Gasteiger charge is -2.28. The molecule has 3 heterocycles. The highest BCUT2D eigenvalue weighted by molar-refractivity contribution is 5.94. The molecule has 18 nitrogen and oxygen atoms in total. The average molecular weight is 1240 g/mol. The Morgan fingerprint density at radius 1 is 0.427 bits per heavy atom. The summed E-state index contributed by atoms with van der Waals surface area (Å²) < 4.78 is 41.5. The van der Waals surface area contributed by atoms with Gasteiger partial charge in [0.2, 0.25) is 0 Å². The Bertz CT molecular complexity index is 2930. The lowest BCUT2D eigenvalue weighted by molar-refractivity contribution is -0.163. The minimum Gasteiger partial charge on any atom is -0.492 e. The molecule has 0 unspecified atom stereocenters. The second-order valence-electron chi connectivity index (χ2n) is 30.5. The summed E-state index contributed by atoms with van der Waals surface area (Å²) in [6.45, 7) is 36.0. The molecule has 3 saturated heterocycles. The van der Waals surface area contributed by atoms with Gasteiger partial charge in [-0.05, 0) is 234 Å². The Morgan fingerprint density at radius 3 is 1.15 bits per heavy atom. The first-order valence-electron chi connectivity index (χ1n) is 32.0. The van der Waals surface area contributed by atoms with Crippen LogP contribution in [0, 0.1) is 35.5 Å². The van der Waals surface area contributed by atoms with Crippen LogP contribution in [0.5, 0.6) is 5.75 Å². The van der Waals surface area contributed by atoms with Crippen LogP contribution in [0.4, 0.5) is 14.4 Å². The fourth-order valence-electron chi connectivity index (χ4n) is 11.6. The Kier molecular flexibility index (Phi) is 23.5. The molecule has 3 aliphatic rings. The smallest absolute Gasteiger partial charge is 0.410 e. The van der Waals surface area contributed by atoms with Gasteiger partial charge in [0.05, 0.1) is 24.3 Å². The standard InChI is InChI=1S/C71H104N4O14/c1-66(2,3)84-60(77)56(52-29-33-73(44-52)63(80)87-69(10,11)12)41-48-23-19-22-47(38-48)28-32-72(59(76)51-26-20-24-49(39-51)42-57(61(78)85-67(4,5)6)53-30-34-74(45-53)64(81)88-70(13,14)15)36-37-83-55-27-21-25-50(40-55)43-58(62(79)86-68(7,8)9)54-31-35-75(46-54)65(82)89-71(16,17)18/h19-27,38-40,52-54,56-58H,28-37,41-46H2,1-18H3/t52-,53-,54-,56-,57-,58-/m0/s1. The maximum atomic E-state index is 15.1. The minimum absolute atomic E-state index is 0.119. The fourth-order valence-corrected chi connectivity index (χ4v) is 11.6. The number of esters is 3. The highest BCUT2D eigenvalue weighted by Crippen LogP contribution is 2.35. The van der Waals surface area contributed by atoms with Gasteiger partial charge in [0.15, 0.2) is 0 Å². The van der Waals surface area contributed by atoms with E-state index in [0.717, 1.165) is 22.3 Å². The fraction of sp³-hybridized carbons (Fsp3) is 0.648. The predicted octanol–water partition coefficient (Wildman–Crippen LogP) is 12.7. The van der Waals surface area contributed by atoms with Crippen molar-refractivity contribution in [2.75, 3.05) is 59.0 Å². The number of hydrogen-bond donors (Lipinski definition) is 0. The molecule has 89 heavy (non-hydrogen) atoms. The second kappa shape index (κ2) is 29.4. The van der Waals surface area contributed by atoms with Gasteiger partial charge in [-0.3, -0.25) is 19.2 Å². The molecule has 3 aliphatic heterocycles. The summed E-state index contributed by atoms with van der Waals surface area (Å²) in [5.41, 5.74) is -0.317. The van der Waals surface area contributed by atoms with Crippen molar-refractivity contribution in [1.29, 1.82) is 0 Å². The maximum Gasteiger partial charge on any atom is 0.410 e. The van der Waals surface area contributed by atoms with E-state index in [-0.39, 0.29) is 61.1 Å². The van der Waals surface area contributed by atoms with Crippen LogP contribution in [-0.2, 0) is 68.5 Å². The summed E-state index contributed by atoms with van der Waals surface area (Å²) in [4.78, 5) is 103. The van der Waals surface area contributed by atoms with E-state index in [9.17, 15) is 28.8 Å². The monoisotopic (exact) mass is 1240 g/mol. The molecule has 0 radical (unpaired) electrons. The van der Waals surface area contributed by atoms with Crippen molar-refractivity contribution >= 4 is 42.1 Å². The minimum atomic E-state index is -0.758. The molecule has 492 valence electrons. The average Bonchev–Trinajstić information content (AvgIpc) is 2.03. The Morgan fingerprint density at radius 2 is 0.764 bits per heavy atom. The van der Waals surface area contributed by atoms with Gasteiger partial charge < -0.3 is 52.8 Å². The molecule has 0 saturated carbocycles. The number of nitrogens with zero attached hydrogens (tertiary/aromatic N) is 4. The molecular formula is C71H104N4O14. The summed E-state index contributed by atoms with van der Waals surface area (Å²) in [5, 5.41) is 0. The van der Waals surface area contributed by atoms with Gasteiger partial charge in [0.1, 0.15) is 46.0 Å². The van der Waals surface area contributed by atoms with Crippen LogP contribution >= 0.6 is 0 Å². The van der Waals surface area contributed by atoms with E-state index in [1.165, 1.54) is 0 Å². The summed E-state index contributed by atoms with van der Waals surface area (Å²) in [6, 6.07) is 22.9. The van der Waals surface area contributed by atoms with Crippen LogP contribution in [0.2, 0.25) is 0 Å². The van der Waals surface area contributed by atoms with Crippen molar-refractivity contribution in [3.63, 3.8) is 0 Å². The molecule has 6 atom stereocenters. The van der Waals surface area contributed by atoms with Crippen molar-refractivity contribution in [3.05, 3.63) is 101 Å². The van der Waals surface area contributed by atoms with Gasteiger partial charge in [0, 0.05) is 51.4 Å². The first kappa shape index (κ1) is 71.2. The van der Waals surface area contributed by atoms with Gasteiger partial charge in [-0.2, -0.15) is 0 Å². The van der Waals surface area contributed by atoms with Crippen molar-refractivity contribution in [2.45, 2.75) is 203 Å². The molecule has 0 spiro atoms. The van der Waals surface area contributed by atoms with Crippen molar-refractivity contribution in [2.24, 2.45) is 35.5 Å². The van der Waals surface area contributed by atoms with E-state index in [4.69, 9.17) is 33.2 Å². The number of carbonyl (C=O) groups is 7. The highest BCUT2D eigenvalue weighted by Gasteiger charge is 2.43. The molecule has 4 amide bonds. The van der Waals surface area contributed by atoms with Gasteiger partial charge in [-0.15, -0.1) is 0 Å². The number of likely N-dealkylation sites (tertiary alicyclic amines) is 3. The lowest BCUT2D eigenvalue weighted by atomic mass is 9.85. The Labute approximate surface area is 530 Å². The number of amides is 4. The lowest BCUT2D eigenvalue weighted by Crippen LogP contribution is -2.38. The first-order valence-corrected chi connectivity index (χ1v) is 32.0. The van der Waals surface area contributed by atoms with Crippen LogP contribution in [0.1, 0.15) is 177 Å². The third kappa shape index (κ3) is 23.5. The van der Waals surface area contributed by atoms with E-state index in [1.807, 2.05) is 185 Å². The molecule has 18 heteroatoms. The van der Waals surface area contributed by atoms with E-state index >= 15 is 4.79 Å². The van der Waals surface area contributed by atoms with Crippen LogP contribution in [0.25, 0.3) is 0 Å². The summed E-state index contributed by atoms with van der Waals surface area (Å²) >= 11 is 0. The Balaban J connectivity index is 1.25. The number of rotatable bonds is 20. The molecule has 0 bridgehead atoms. The zero-order valence-corrected chi connectivity index (χ0v) is 56.7. The molecule has 0 N–H and O–H groups in total. The normalized spacial score (nSPS) is 18.6. The van der Waals surface area contributed by atoms with Gasteiger partial charge in [-0.1, -0.05) is 48.5 Å². The molecule has 6 rings (SSSR count). The quantitative estimate of drug-likeness (QED) is 0.0765. The maximum absolute atomic E-state index is 15.1. The first-order chi connectivity index (χ1) is 41.2. The third-order valence-electron chi connectivity index (χ3n) is 15.5. The largest absolute Gasteiger partial charge is 0.492 e. The van der Waals surface area contributed by atoms with Gasteiger partial charge in [-0.25, -0.2) is 14.4 Å². The van der Waals surface area contributed by atoms with Crippen LogP contribution in [-0.4, -0.2) is 154 Å². The molecule has 3 aromatic carbocycles. The van der Waals surface area contributed by atoms with E-state index < -0.39 is 69.6 Å². The van der Waals surface area contributed by atoms with E-state index in [0.29, 0.717) is 95.7 Å². The Hall–Kier alpha value is -6.85. The number of benzene rings is 3. The van der Waals surface area contributed by atoms with Crippen LogP contribution in [0.3, 0.4) is 0 Å². The highest BCUT2D eigenvalue weighted by atomic mass is 16.6. The van der Waals surface area contributed by atoms with Crippen LogP contribution in [0.15, 0.2) is 72.8 Å². The third-order valence-corrected chi connectivity index (χ3v) is 15.5. The van der Waals surface area contributed by atoms with Gasteiger partial charge in [0.25, 0.3) is 5.91 Å². The molecule has 0 aromatic heterocycles. The molecule has 3 aromatic rings. The summed E-state index contributed by atoms with van der Waals surface area (Å²) in [6.07, 6.45) is 2.02. The van der Waals surface area contributed by atoms with Gasteiger partial charge >= 0.3 is 36.2 Å². The molecular weight excluding hydrogens is 1130 g/mol. The number of ether oxygens (including phenoxy) is 7. The summed E-state index contributed by atoms with van der Waals surface area (Å²) in [5.74, 6) is -2.98. The molecule has 0 aliphatic carbocycles. The topological polar surface area (TPSA) is 197 Å². The zero-order valence-electron chi connectivity index (χ0n) is 56.7. The van der Waals surface area contributed by atoms with E-state index in [1.54, 1.807) is 25.7 Å². The van der Waals surface area contributed by atoms with Crippen molar-refractivity contribution < 1.29 is 66.7 Å². The SMILES string of the molecule is CC(C)(C)OC(=O)[C@@H](Cc1cccc(CCN(CCOc2cccc(C[C@H](C(=O)OC(C)(C)C)[C@H]3CCN(C(=O)OC(C)(C)C)C3)c2)C(=O)c2cccc(C[C@H](C(=O)OC(C)(C)C)[C@H]3CCN(C(=O)OC(C)(C)C)C3)c2)c1)[C@H]1CCN(C(=O)OC(C)(C)C)C1. The number of carbonyl (C=O) groups excluding carboxylic acids is 7. The van der Waals surface area contributed by atoms with Crippen molar-refractivity contribution in [3.8, 4) is 5.75 Å². The van der Waals surface area contributed by atoms with Crippen molar-refractivity contribution in [1.82, 2.24) is 19.6 Å². The predicted molar refractivity (Wildman–Crippen MR) is 341 cm³/mol. The van der Waals surface area contributed by atoms with Crippen LogP contribution < -0.4 is 4.74 Å². The van der Waals surface area contributed by atoms with E-state index in [2.05, 4.69) is 6.07 Å². The molecule has 3 fully saturated rings. The second-order valence-corrected chi connectivity index (χ2v) is 30.5. The summed E-state index contributed by atoms with van der Waals surface area (Å²) in [7, 11) is 0. The zero-order chi connectivity index (χ0) is 66.0.